The molecular formula is C14H18ClN3O. The summed E-state index contributed by atoms with van der Waals surface area (Å²) < 4.78 is 1.75. The van der Waals surface area contributed by atoms with E-state index in [2.05, 4.69) is 10.00 Å². The van der Waals surface area contributed by atoms with Crippen molar-refractivity contribution in [2.24, 2.45) is 0 Å². The molecule has 0 radical (unpaired) electrons. The Labute approximate surface area is 118 Å². The minimum atomic E-state index is -0.106. The smallest absolute Gasteiger partial charge is 0.133 e. The molecule has 1 aromatic carbocycles. The van der Waals surface area contributed by atoms with E-state index < -0.39 is 0 Å². The molecule has 102 valence electrons. The van der Waals surface area contributed by atoms with Crippen LogP contribution in [0.1, 0.15) is 5.56 Å². The van der Waals surface area contributed by atoms with Gasteiger partial charge in [-0.2, -0.15) is 5.10 Å². The molecule has 19 heavy (non-hydrogen) atoms. The van der Waals surface area contributed by atoms with Gasteiger partial charge < -0.3 is 10.0 Å². The number of hydrogen-bond donors (Lipinski definition) is 1. The van der Waals surface area contributed by atoms with Crippen LogP contribution in [0.4, 0.5) is 0 Å². The van der Waals surface area contributed by atoms with Crippen molar-refractivity contribution in [3.63, 3.8) is 0 Å². The second-order valence-corrected chi connectivity index (χ2v) is 5.03. The topological polar surface area (TPSA) is 41.3 Å². The van der Waals surface area contributed by atoms with Gasteiger partial charge in [-0.15, -0.1) is 0 Å². The monoisotopic (exact) mass is 279 g/mol. The van der Waals surface area contributed by atoms with Crippen molar-refractivity contribution in [2.75, 3.05) is 20.6 Å². The van der Waals surface area contributed by atoms with Crippen molar-refractivity contribution in [1.29, 1.82) is 0 Å². The van der Waals surface area contributed by atoms with E-state index in [9.17, 15) is 5.11 Å². The fourth-order valence-electron chi connectivity index (χ4n) is 1.89. The molecule has 0 aliphatic carbocycles. The highest BCUT2D eigenvalue weighted by Crippen LogP contribution is 2.28. The maximum absolute atomic E-state index is 9.50. The van der Waals surface area contributed by atoms with Gasteiger partial charge in [0.05, 0.1) is 18.8 Å². The van der Waals surface area contributed by atoms with Crippen LogP contribution in [0.25, 0.3) is 11.3 Å². The Balaban J connectivity index is 2.36. The van der Waals surface area contributed by atoms with E-state index in [0.29, 0.717) is 17.3 Å². The van der Waals surface area contributed by atoms with Crippen LogP contribution in [-0.2, 0) is 13.2 Å². The Morgan fingerprint density at radius 2 is 1.95 bits per heavy atom. The molecule has 0 aliphatic rings. The minimum Gasteiger partial charge on any atom is -0.391 e. The fourth-order valence-corrected chi connectivity index (χ4v) is 2.16. The summed E-state index contributed by atoms with van der Waals surface area (Å²) in [5.74, 6) is 0. The lowest BCUT2D eigenvalue weighted by Gasteiger charge is -2.09. The van der Waals surface area contributed by atoms with E-state index in [4.69, 9.17) is 11.6 Å². The number of rotatable bonds is 5. The first kappa shape index (κ1) is 14.1. The molecule has 0 saturated heterocycles. The van der Waals surface area contributed by atoms with Gasteiger partial charge in [0, 0.05) is 17.7 Å². The van der Waals surface area contributed by atoms with Crippen LogP contribution >= 0.6 is 11.6 Å². The van der Waals surface area contributed by atoms with Crippen LogP contribution in [0.5, 0.6) is 0 Å². The first-order chi connectivity index (χ1) is 9.13. The van der Waals surface area contributed by atoms with Gasteiger partial charge in [0.1, 0.15) is 5.15 Å². The number of nitrogens with zero attached hydrogens (tertiary/aromatic N) is 3. The van der Waals surface area contributed by atoms with E-state index in [-0.39, 0.29) is 6.61 Å². The van der Waals surface area contributed by atoms with Crippen molar-refractivity contribution >= 4 is 11.6 Å². The number of likely N-dealkylation sites (N-methyl/N-ethyl adjacent to an activating group) is 1. The molecule has 0 bridgehead atoms. The largest absolute Gasteiger partial charge is 0.391 e. The maximum atomic E-state index is 9.50. The van der Waals surface area contributed by atoms with E-state index >= 15 is 0 Å². The van der Waals surface area contributed by atoms with E-state index in [1.807, 2.05) is 44.4 Å². The number of benzene rings is 1. The molecule has 1 heterocycles. The van der Waals surface area contributed by atoms with E-state index in [0.717, 1.165) is 17.8 Å². The number of halogens is 1. The Bertz CT molecular complexity index is 537. The second kappa shape index (κ2) is 6.19. The molecule has 0 spiro atoms. The molecule has 4 nitrogen and oxygen atoms in total. The molecule has 0 fully saturated rings. The minimum absolute atomic E-state index is 0.106. The van der Waals surface area contributed by atoms with Crippen LogP contribution in [0.3, 0.4) is 0 Å². The normalized spacial score (nSPS) is 11.2. The standard InChI is InChI=1S/C14H18ClN3O/c1-17(2)8-9-18-14(15)12(10-19)13(16-18)11-6-4-3-5-7-11/h3-7,19H,8-10H2,1-2H3. The van der Waals surface area contributed by atoms with Crippen LogP contribution in [0.15, 0.2) is 30.3 Å². The summed E-state index contributed by atoms with van der Waals surface area (Å²) in [6, 6.07) is 9.78. The molecule has 0 saturated carbocycles. The zero-order valence-corrected chi connectivity index (χ0v) is 11.9. The summed E-state index contributed by atoms with van der Waals surface area (Å²) in [7, 11) is 4.00. The molecule has 2 rings (SSSR count). The molecule has 0 amide bonds. The van der Waals surface area contributed by atoms with Crippen LogP contribution in [0.2, 0.25) is 5.15 Å². The molecule has 0 aliphatic heterocycles. The van der Waals surface area contributed by atoms with Crippen molar-refractivity contribution in [2.45, 2.75) is 13.2 Å². The third kappa shape index (κ3) is 3.15. The first-order valence-electron chi connectivity index (χ1n) is 6.19. The van der Waals surface area contributed by atoms with Crippen molar-refractivity contribution in [1.82, 2.24) is 14.7 Å². The molecule has 1 aromatic heterocycles. The molecule has 0 unspecified atom stereocenters. The third-order valence-electron chi connectivity index (χ3n) is 2.95. The SMILES string of the molecule is CN(C)CCn1nc(-c2ccccc2)c(CO)c1Cl. The molecule has 1 N–H and O–H groups in total. The van der Waals surface area contributed by atoms with Gasteiger partial charge in [-0.1, -0.05) is 41.9 Å². The Morgan fingerprint density at radius 3 is 2.53 bits per heavy atom. The Kier molecular flexibility index (Phi) is 4.58. The van der Waals surface area contributed by atoms with Gasteiger partial charge in [0.2, 0.25) is 0 Å². The number of aromatic nitrogens is 2. The third-order valence-corrected chi connectivity index (χ3v) is 3.37. The van der Waals surface area contributed by atoms with Crippen LogP contribution in [0, 0.1) is 0 Å². The van der Waals surface area contributed by atoms with E-state index in [1.54, 1.807) is 4.68 Å². The van der Waals surface area contributed by atoms with Crippen LogP contribution < -0.4 is 0 Å². The lowest BCUT2D eigenvalue weighted by atomic mass is 10.1. The summed E-state index contributed by atoms with van der Waals surface area (Å²) >= 11 is 6.28. The molecule has 2 aromatic rings. The highest BCUT2D eigenvalue weighted by molar-refractivity contribution is 6.30. The van der Waals surface area contributed by atoms with Gasteiger partial charge in [0.25, 0.3) is 0 Å². The zero-order valence-electron chi connectivity index (χ0n) is 11.2. The number of aliphatic hydroxyl groups is 1. The lowest BCUT2D eigenvalue weighted by molar-refractivity contribution is 0.282. The lowest BCUT2D eigenvalue weighted by Crippen LogP contribution is -2.19. The summed E-state index contributed by atoms with van der Waals surface area (Å²) in [6.45, 7) is 1.44. The van der Waals surface area contributed by atoms with Gasteiger partial charge >= 0.3 is 0 Å². The van der Waals surface area contributed by atoms with Gasteiger partial charge in [-0.25, -0.2) is 0 Å². The highest BCUT2D eigenvalue weighted by atomic mass is 35.5. The number of hydrogen-bond acceptors (Lipinski definition) is 3. The molecular weight excluding hydrogens is 262 g/mol. The highest BCUT2D eigenvalue weighted by Gasteiger charge is 2.16. The maximum Gasteiger partial charge on any atom is 0.133 e. The van der Waals surface area contributed by atoms with Gasteiger partial charge in [-0.3, -0.25) is 4.68 Å². The summed E-state index contributed by atoms with van der Waals surface area (Å²) in [4.78, 5) is 2.07. The van der Waals surface area contributed by atoms with Crippen molar-refractivity contribution in [3.8, 4) is 11.3 Å². The Hall–Kier alpha value is -1.36. The number of aliphatic hydroxyl groups excluding tert-OH is 1. The van der Waals surface area contributed by atoms with Crippen LogP contribution in [-0.4, -0.2) is 40.4 Å². The average molecular weight is 280 g/mol. The molecule has 0 atom stereocenters. The predicted molar refractivity (Wildman–Crippen MR) is 77.1 cm³/mol. The summed E-state index contributed by atoms with van der Waals surface area (Å²) in [5.41, 5.74) is 2.41. The van der Waals surface area contributed by atoms with Gasteiger partial charge in [0.15, 0.2) is 0 Å². The average Bonchev–Trinajstić information content (AvgIpc) is 2.74. The summed E-state index contributed by atoms with van der Waals surface area (Å²) in [6.07, 6.45) is 0. The van der Waals surface area contributed by atoms with E-state index in [1.165, 1.54) is 0 Å². The predicted octanol–water partition coefficient (Wildman–Crippen LogP) is 2.26. The quantitative estimate of drug-likeness (QED) is 0.913. The second-order valence-electron chi connectivity index (χ2n) is 4.67. The van der Waals surface area contributed by atoms with Crippen molar-refractivity contribution in [3.05, 3.63) is 41.0 Å². The van der Waals surface area contributed by atoms with Crippen molar-refractivity contribution < 1.29 is 5.11 Å². The summed E-state index contributed by atoms with van der Waals surface area (Å²) in [5, 5.41) is 14.5. The fraction of sp³-hybridized carbons (Fsp3) is 0.357. The zero-order chi connectivity index (χ0) is 13.8. The first-order valence-corrected chi connectivity index (χ1v) is 6.57. The molecule has 5 heteroatoms. The Morgan fingerprint density at radius 1 is 1.26 bits per heavy atom. The van der Waals surface area contributed by atoms with Gasteiger partial charge in [-0.05, 0) is 14.1 Å².